The number of aryl methyl sites for hydroxylation is 1. The summed E-state index contributed by atoms with van der Waals surface area (Å²) in [5.41, 5.74) is 6.95. The molecule has 0 radical (unpaired) electrons. The molecule has 1 aliphatic heterocycles. The summed E-state index contributed by atoms with van der Waals surface area (Å²) < 4.78 is 29.5. The Kier molecular flexibility index (Phi) is 5.52. The Balaban J connectivity index is 1.86. The van der Waals surface area contributed by atoms with Crippen LogP contribution in [0.25, 0.3) is 11.3 Å². The Labute approximate surface area is 192 Å². The van der Waals surface area contributed by atoms with Crippen molar-refractivity contribution < 1.29 is 13.6 Å². The van der Waals surface area contributed by atoms with Gasteiger partial charge in [0.05, 0.1) is 11.1 Å². The van der Waals surface area contributed by atoms with Crippen LogP contribution in [0.1, 0.15) is 39.1 Å². The molecule has 1 amide bonds. The van der Waals surface area contributed by atoms with E-state index in [1.54, 1.807) is 49.9 Å². The molecule has 2 heterocycles. The first-order valence-corrected chi connectivity index (χ1v) is 10.9. The first kappa shape index (κ1) is 22.9. The maximum atomic E-state index is 13.8. The van der Waals surface area contributed by atoms with Crippen molar-refractivity contribution in [1.29, 1.82) is 0 Å². The highest BCUT2D eigenvalue weighted by molar-refractivity contribution is 5.86. The van der Waals surface area contributed by atoms with Gasteiger partial charge in [0.15, 0.2) is 0 Å². The second-order valence-corrected chi connectivity index (χ2v) is 9.62. The second kappa shape index (κ2) is 7.95. The van der Waals surface area contributed by atoms with Crippen molar-refractivity contribution in [2.24, 2.45) is 5.73 Å². The quantitative estimate of drug-likeness (QED) is 0.601. The third-order valence-corrected chi connectivity index (χ3v) is 6.07. The number of halogens is 2. The lowest BCUT2D eigenvalue weighted by molar-refractivity contribution is -0.143. The van der Waals surface area contributed by atoms with Gasteiger partial charge in [-0.2, -0.15) is 0 Å². The Morgan fingerprint density at radius 2 is 1.79 bits per heavy atom. The van der Waals surface area contributed by atoms with E-state index in [0.717, 1.165) is 5.56 Å². The Bertz CT molecular complexity index is 1210. The number of rotatable bonds is 4. The summed E-state index contributed by atoms with van der Waals surface area (Å²) in [5.74, 6) is 0.610. The Hall–Kier alpha value is -3.26. The average Bonchev–Trinajstić information content (AvgIpc) is 3.10. The number of aromatic nitrogens is 2. The largest absolute Gasteiger partial charge is 0.340 e. The van der Waals surface area contributed by atoms with Gasteiger partial charge >= 0.3 is 0 Å². The molecule has 1 aliphatic rings. The molecule has 0 bridgehead atoms. The zero-order chi connectivity index (χ0) is 24.1. The van der Waals surface area contributed by atoms with E-state index < -0.39 is 11.1 Å². The van der Waals surface area contributed by atoms with Crippen LogP contribution in [0, 0.1) is 18.6 Å². The van der Waals surface area contributed by atoms with Crippen LogP contribution in [0.3, 0.4) is 0 Å². The van der Waals surface area contributed by atoms with Crippen LogP contribution in [-0.2, 0) is 16.9 Å². The number of amides is 1. The molecule has 0 saturated carbocycles. The number of fused-ring (bicyclic) bond motifs is 1. The number of anilines is 2. The summed E-state index contributed by atoms with van der Waals surface area (Å²) in [6, 6.07) is 10.9. The van der Waals surface area contributed by atoms with Crippen LogP contribution >= 0.6 is 0 Å². The number of nitrogens with two attached hydrogens (primary N) is 1. The van der Waals surface area contributed by atoms with Gasteiger partial charge in [0, 0.05) is 24.3 Å². The Morgan fingerprint density at radius 1 is 1.12 bits per heavy atom. The molecule has 2 aromatic carbocycles. The lowest BCUT2D eigenvalue weighted by Crippen LogP contribution is -2.60. The van der Waals surface area contributed by atoms with Crippen LogP contribution < -0.4 is 11.1 Å². The molecule has 0 spiro atoms. The van der Waals surface area contributed by atoms with E-state index >= 15 is 0 Å². The molecule has 1 aromatic heterocycles. The molecule has 0 atom stereocenters. The van der Waals surface area contributed by atoms with E-state index in [9.17, 15) is 13.6 Å². The number of hydrogen-bond acceptors (Lipinski definition) is 4. The van der Waals surface area contributed by atoms with Crippen molar-refractivity contribution in [3.05, 3.63) is 65.5 Å². The molecule has 174 valence electrons. The van der Waals surface area contributed by atoms with Crippen LogP contribution in [0.4, 0.5) is 20.3 Å². The van der Waals surface area contributed by atoms with Gasteiger partial charge in [-0.25, -0.2) is 13.8 Å². The third-order valence-electron chi connectivity index (χ3n) is 6.07. The van der Waals surface area contributed by atoms with Crippen molar-refractivity contribution >= 4 is 17.4 Å². The van der Waals surface area contributed by atoms with E-state index in [1.165, 1.54) is 18.2 Å². The summed E-state index contributed by atoms with van der Waals surface area (Å²) in [6.45, 7) is 9.92. The number of benzene rings is 2. The van der Waals surface area contributed by atoms with Gasteiger partial charge in [-0.05, 0) is 82.6 Å². The minimum atomic E-state index is -1.02. The van der Waals surface area contributed by atoms with Gasteiger partial charge in [-0.3, -0.25) is 4.79 Å². The summed E-state index contributed by atoms with van der Waals surface area (Å²) in [5, 5.41) is 3.39. The fourth-order valence-electron chi connectivity index (χ4n) is 4.24. The molecule has 4 rings (SSSR count). The molecule has 0 fully saturated rings. The number of nitrogens with zero attached hydrogens (tertiary/aromatic N) is 3. The highest BCUT2D eigenvalue weighted by atomic mass is 19.1. The van der Waals surface area contributed by atoms with E-state index in [4.69, 9.17) is 10.7 Å². The molecule has 0 unspecified atom stereocenters. The number of carbonyl (C=O) groups is 1. The van der Waals surface area contributed by atoms with E-state index in [0.29, 0.717) is 41.7 Å². The standard InChI is InChI=1S/C25H29F2N5O/c1-15-14-18(10-11-19(15)27)29-21-20(16-6-8-17(26)9-7-16)30-22-25(4,5)32(13-12-31(21)22)23(33)24(2,3)28/h6-11,14,29H,12-13,28H2,1-5H3. The molecular formula is C25H29F2N5O. The first-order chi connectivity index (χ1) is 15.4. The van der Waals surface area contributed by atoms with Gasteiger partial charge in [-0.15, -0.1) is 0 Å². The van der Waals surface area contributed by atoms with Gasteiger partial charge in [0.25, 0.3) is 0 Å². The molecule has 3 aromatic rings. The van der Waals surface area contributed by atoms with Crippen LogP contribution in [0.2, 0.25) is 0 Å². The highest BCUT2D eigenvalue weighted by Crippen LogP contribution is 2.40. The summed E-state index contributed by atoms with van der Waals surface area (Å²) in [4.78, 5) is 19.8. The molecule has 33 heavy (non-hydrogen) atoms. The van der Waals surface area contributed by atoms with Crippen molar-refractivity contribution in [2.45, 2.75) is 52.2 Å². The smallest absolute Gasteiger partial charge is 0.242 e. The van der Waals surface area contributed by atoms with Crippen molar-refractivity contribution in [3.63, 3.8) is 0 Å². The van der Waals surface area contributed by atoms with Gasteiger partial charge < -0.3 is 20.5 Å². The maximum absolute atomic E-state index is 13.8. The Morgan fingerprint density at radius 3 is 2.39 bits per heavy atom. The maximum Gasteiger partial charge on any atom is 0.242 e. The van der Waals surface area contributed by atoms with Crippen LogP contribution in [-0.4, -0.2) is 32.4 Å². The van der Waals surface area contributed by atoms with Crippen molar-refractivity contribution in [1.82, 2.24) is 14.5 Å². The molecule has 6 nitrogen and oxygen atoms in total. The SMILES string of the molecule is Cc1cc(Nc2c(-c3ccc(F)cc3)nc3n2CCN(C(=O)C(C)(C)N)C3(C)C)ccc1F. The molecule has 0 saturated heterocycles. The number of nitrogens with one attached hydrogen (secondary N) is 1. The fourth-order valence-corrected chi connectivity index (χ4v) is 4.24. The van der Waals surface area contributed by atoms with E-state index in [1.807, 2.05) is 18.4 Å². The molecule has 3 N–H and O–H groups in total. The highest BCUT2D eigenvalue weighted by Gasteiger charge is 2.44. The van der Waals surface area contributed by atoms with E-state index in [-0.39, 0.29) is 17.5 Å². The predicted molar refractivity (Wildman–Crippen MR) is 125 cm³/mol. The fraction of sp³-hybridized carbons (Fsp3) is 0.360. The third kappa shape index (κ3) is 4.11. The number of imidazole rings is 1. The molecule has 8 heteroatoms. The second-order valence-electron chi connectivity index (χ2n) is 9.62. The molecule has 0 aliphatic carbocycles. The van der Waals surface area contributed by atoms with Crippen molar-refractivity contribution in [2.75, 3.05) is 11.9 Å². The van der Waals surface area contributed by atoms with Crippen LogP contribution in [0.5, 0.6) is 0 Å². The summed E-state index contributed by atoms with van der Waals surface area (Å²) >= 11 is 0. The monoisotopic (exact) mass is 453 g/mol. The summed E-state index contributed by atoms with van der Waals surface area (Å²) in [7, 11) is 0. The predicted octanol–water partition coefficient (Wildman–Crippen LogP) is 4.69. The summed E-state index contributed by atoms with van der Waals surface area (Å²) in [6.07, 6.45) is 0. The normalized spacial score (nSPS) is 15.3. The minimum Gasteiger partial charge on any atom is -0.340 e. The minimum absolute atomic E-state index is 0.159. The van der Waals surface area contributed by atoms with Gasteiger partial charge in [0.1, 0.15) is 29.0 Å². The average molecular weight is 454 g/mol. The van der Waals surface area contributed by atoms with Gasteiger partial charge in [-0.1, -0.05) is 0 Å². The zero-order valence-electron chi connectivity index (χ0n) is 19.5. The zero-order valence-corrected chi connectivity index (χ0v) is 19.5. The number of hydrogen-bond donors (Lipinski definition) is 2. The van der Waals surface area contributed by atoms with Crippen molar-refractivity contribution in [3.8, 4) is 11.3 Å². The lowest BCUT2D eigenvalue weighted by Gasteiger charge is -2.44. The van der Waals surface area contributed by atoms with Gasteiger partial charge in [0.2, 0.25) is 5.91 Å². The van der Waals surface area contributed by atoms with E-state index in [2.05, 4.69) is 5.32 Å². The number of carbonyl (C=O) groups excluding carboxylic acids is 1. The first-order valence-electron chi connectivity index (χ1n) is 10.9. The molecular weight excluding hydrogens is 424 g/mol. The topological polar surface area (TPSA) is 76.2 Å². The lowest BCUT2D eigenvalue weighted by atomic mass is 9.94. The van der Waals surface area contributed by atoms with Crippen LogP contribution in [0.15, 0.2) is 42.5 Å².